The molecule has 6 nitrogen and oxygen atoms in total. The fourth-order valence-corrected chi connectivity index (χ4v) is 1.70. The minimum Gasteiger partial charge on any atom is -0.286 e. The molecule has 3 rings (SSSR count). The van der Waals surface area contributed by atoms with Gasteiger partial charge in [-0.3, -0.25) is 4.57 Å². The van der Waals surface area contributed by atoms with E-state index in [1.165, 1.54) is 15.4 Å². The van der Waals surface area contributed by atoms with Crippen LogP contribution >= 0.6 is 11.6 Å². The summed E-state index contributed by atoms with van der Waals surface area (Å²) in [4.78, 5) is 20.0. The molecule has 90 valence electrons. The molecule has 0 bridgehead atoms. The molecular weight excluding hydrogens is 254 g/mol. The Morgan fingerprint density at radius 2 is 1.94 bits per heavy atom. The number of hydrogen-bond donors (Lipinski definition) is 0. The molecule has 18 heavy (non-hydrogen) atoms. The van der Waals surface area contributed by atoms with Crippen LogP contribution in [0.1, 0.15) is 0 Å². The zero-order chi connectivity index (χ0) is 12.7. The Morgan fingerprint density at radius 3 is 2.67 bits per heavy atom. The third kappa shape index (κ3) is 1.67. The smallest absolute Gasteiger partial charge is 0.286 e. The number of aryl methyl sites for hydroxylation is 1. The average Bonchev–Trinajstić information content (AvgIpc) is 2.80. The van der Waals surface area contributed by atoms with E-state index in [1.54, 1.807) is 31.3 Å². The lowest BCUT2D eigenvalue weighted by molar-refractivity contribution is 0.716. The summed E-state index contributed by atoms with van der Waals surface area (Å²) in [5.41, 5.74) is 0.500. The Morgan fingerprint density at radius 1 is 1.22 bits per heavy atom. The van der Waals surface area contributed by atoms with Crippen molar-refractivity contribution in [2.75, 3.05) is 0 Å². The summed E-state index contributed by atoms with van der Waals surface area (Å²) >= 11 is 5.81. The van der Waals surface area contributed by atoms with Crippen LogP contribution < -0.4 is 5.69 Å². The van der Waals surface area contributed by atoms with Gasteiger partial charge >= 0.3 is 5.69 Å². The first-order chi connectivity index (χ1) is 8.65. The molecule has 0 aliphatic rings. The van der Waals surface area contributed by atoms with Crippen LogP contribution in [0.25, 0.3) is 17.2 Å². The van der Waals surface area contributed by atoms with Gasteiger partial charge in [-0.25, -0.2) is 9.78 Å². The maximum absolute atomic E-state index is 11.8. The maximum Gasteiger partial charge on any atom is 0.352 e. The van der Waals surface area contributed by atoms with Gasteiger partial charge in [0.15, 0.2) is 5.82 Å². The molecule has 1 aromatic carbocycles. The molecule has 0 aliphatic carbocycles. The van der Waals surface area contributed by atoms with Crippen LogP contribution in [0.4, 0.5) is 0 Å². The summed E-state index contributed by atoms with van der Waals surface area (Å²) in [5, 5.41) is 4.78. The second-order valence-electron chi connectivity index (χ2n) is 3.79. The zero-order valence-electron chi connectivity index (χ0n) is 9.41. The van der Waals surface area contributed by atoms with E-state index in [0.717, 1.165) is 5.56 Å². The third-order valence-electron chi connectivity index (χ3n) is 2.52. The average molecular weight is 262 g/mol. The molecule has 0 saturated carbocycles. The minimum absolute atomic E-state index is 0.281. The van der Waals surface area contributed by atoms with Crippen LogP contribution in [0.2, 0.25) is 5.02 Å². The van der Waals surface area contributed by atoms with Gasteiger partial charge in [-0.15, -0.1) is 9.61 Å². The lowest BCUT2D eigenvalue weighted by Gasteiger charge is -1.94. The van der Waals surface area contributed by atoms with Crippen molar-refractivity contribution in [3.63, 3.8) is 0 Å². The highest BCUT2D eigenvalue weighted by Crippen LogP contribution is 2.17. The second kappa shape index (κ2) is 3.92. The number of rotatable bonds is 1. The second-order valence-corrected chi connectivity index (χ2v) is 4.23. The first-order valence-corrected chi connectivity index (χ1v) is 5.57. The Kier molecular flexibility index (Phi) is 2.38. The Bertz CT molecular complexity index is 774. The molecule has 0 radical (unpaired) electrons. The van der Waals surface area contributed by atoms with Crippen molar-refractivity contribution in [1.29, 1.82) is 0 Å². The number of aromatic nitrogens is 5. The van der Waals surface area contributed by atoms with Gasteiger partial charge in [0.25, 0.3) is 5.78 Å². The van der Waals surface area contributed by atoms with Gasteiger partial charge in [0.2, 0.25) is 0 Å². The number of hydrogen-bond acceptors (Lipinski definition) is 4. The van der Waals surface area contributed by atoms with Crippen molar-refractivity contribution in [3.8, 4) is 11.4 Å². The van der Waals surface area contributed by atoms with E-state index in [1.807, 2.05) is 0 Å². The normalized spacial score (nSPS) is 11.0. The maximum atomic E-state index is 11.8. The topological polar surface area (TPSA) is 65.1 Å². The molecule has 0 saturated heterocycles. The van der Waals surface area contributed by atoms with Gasteiger partial charge in [-0.2, -0.15) is 4.98 Å². The highest BCUT2D eigenvalue weighted by molar-refractivity contribution is 6.30. The van der Waals surface area contributed by atoms with Gasteiger partial charge in [-0.05, 0) is 24.3 Å². The molecular formula is C11H8ClN5O. The van der Waals surface area contributed by atoms with Crippen LogP contribution in [0.3, 0.4) is 0 Å². The summed E-state index contributed by atoms with van der Waals surface area (Å²) in [6.07, 6.45) is 1.41. The van der Waals surface area contributed by atoms with Crippen LogP contribution in [0.5, 0.6) is 0 Å². The molecule has 0 atom stereocenters. The molecule has 0 aliphatic heterocycles. The molecule has 7 heteroatoms. The first kappa shape index (κ1) is 10.9. The monoisotopic (exact) mass is 261 g/mol. The van der Waals surface area contributed by atoms with Gasteiger partial charge in [-0.1, -0.05) is 11.6 Å². The highest BCUT2D eigenvalue weighted by Gasteiger charge is 2.09. The fourth-order valence-electron chi connectivity index (χ4n) is 1.57. The van der Waals surface area contributed by atoms with Crippen molar-refractivity contribution < 1.29 is 0 Å². The molecule has 0 amide bonds. The third-order valence-corrected chi connectivity index (χ3v) is 2.77. The number of fused-ring (bicyclic) bond motifs is 1. The van der Waals surface area contributed by atoms with Crippen LogP contribution in [0, 0.1) is 0 Å². The van der Waals surface area contributed by atoms with Gasteiger partial charge < -0.3 is 0 Å². The minimum atomic E-state index is -0.285. The highest BCUT2D eigenvalue weighted by atomic mass is 35.5. The van der Waals surface area contributed by atoms with Crippen molar-refractivity contribution >= 4 is 17.4 Å². The van der Waals surface area contributed by atoms with Crippen molar-refractivity contribution in [2.24, 2.45) is 7.05 Å². The van der Waals surface area contributed by atoms with Crippen molar-refractivity contribution in [2.45, 2.75) is 0 Å². The van der Waals surface area contributed by atoms with E-state index in [2.05, 4.69) is 15.1 Å². The SMILES string of the molecule is Cn1cnc2nc(-c3ccc(Cl)cc3)nn2c1=O. The lowest BCUT2D eigenvalue weighted by Crippen LogP contribution is -2.25. The summed E-state index contributed by atoms with van der Waals surface area (Å²) in [6.45, 7) is 0. The molecule has 0 unspecified atom stereocenters. The molecule has 0 spiro atoms. The van der Waals surface area contributed by atoms with Crippen LogP contribution in [0.15, 0.2) is 35.4 Å². The van der Waals surface area contributed by atoms with Gasteiger partial charge in [0.05, 0.1) is 0 Å². The van der Waals surface area contributed by atoms with Gasteiger partial charge in [0.1, 0.15) is 6.33 Å². The van der Waals surface area contributed by atoms with Gasteiger partial charge in [0, 0.05) is 17.6 Å². The molecule has 3 aromatic rings. The molecule has 0 fully saturated rings. The van der Waals surface area contributed by atoms with Crippen LogP contribution in [-0.4, -0.2) is 24.1 Å². The van der Waals surface area contributed by atoms with E-state index in [9.17, 15) is 4.79 Å². The number of halogens is 1. The Labute approximate surface area is 106 Å². The van der Waals surface area contributed by atoms with E-state index >= 15 is 0 Å². The van der Waals surface area contributed by atoms with Crippen LogP contribution in [-0.2, 0) is 7.05 Å². The predicted molar refractivity (Wildman–Crippen MR) is 66.5 cm³/mol. The standard InChI is InChI=1S/C11H8ClN5O/c1-16-6-13-10-14-9(15-17(10)11(16)18)7-2-4-8(12)5-3-7/h2-6H,1H3. The van der Waals surface area contributed by atoms with E-state index < -0.39 is 0 Å². The molecule has 0 N–H and O–H groups in total. The summed E-state index contributed by atoms with van der Waals surface area (Å²) in [7, 11) is 1.61. The fraction of sp³-hybridized carbons (Fsp3) is 0.0909. The lowest BCUT2D eigenvalue weighted by atomic mass is 10.2. The van der Waals surface area contributed by atoms with Crippen molar-refractivity contribution in [1.82, 2.24) is 24.1 Å². The Hall–Kier alpha value is -2.21. The zero-order valence-corrected chi connectivity index (χ0v) is 10.2. The Balaban J connectivity index is 2.22. The first-order valence-electron chi connectivity index (χ1n) is 5.19. The predicted octanol–water partition coefficient (Wildman–Crippen LogP) is 1.14. The number of nitrogens with zero attached hydrogens (tertiary/aromatic N) is 5. The largest absolute Gasteiger partial charge is 0.352 e. The summed E-state index contributed by atoms with van der Waals surface area (Å²) in [6, 6.07) is 7.07. The van der Waals surface area contributed by atoms with Crippen molar-refractivity contribution in [3.05, 3.63) is 46.1 Å². The van der Waals surface area contributed by atoms with E-state index in [0.29, 0.717) is 10.8 Å². The summed E-state index contributed by atoms with van der Waals surface area (Å²) in [5.74, 6) is 0.727. The summed E-state index contributed by atoms with van der Waals surface area (Å²) < 4.78 is 2.51. The van der Waals surface area contributed by atoms with E-state index in [-0.39, 0.29) is 11.5 Å². The number of benzene rings is 1. The molecule has 2 aromatic heterocycles. The van der Waals surface area contributed by atoms with E-state index in [4.69, 9.17) is 11.6 Å². The molecule has 2 heterocycles. The quantitative estimate of drug-likeness (QED) is 0.659.